The second-order valence-electron chi connectivity index (χ2n) is 3.85. The van der Waals surface area contributed by atoms with Crippen molar-refractivity contribution >= 4 is 5.97 Å². The van der Waals surface area contributed by atoms with Gasteiger partial charge in [-0.3, -0.25) is 4.79 Å². The molecule has 0 aromatic heterocycles. The molecule has 0 bridgehead atoms. The molecule has 0 unspecified atom stereocenters. The molecule has 0 fully saturated rings. The van der Waals surface area contributed by atoms with Crippen molar-refractivity contribution in [3.8, 4) is 0 Å². The minimum Gasteiger partial charge on any atom is -0.466 e. The first-order chi connectivity index (χ1) is 6.71. The molecule has 0 N–H and O–H groups in total. The number of ether oxygens (including phenoxy) is 1. The normalized spacial score (nSPS) is 16.3. The van der Waals surface area contributed by atoms with E-state index in [1.54, 1.807) is 6.92 Å². The van der Waals surface area contributed by atoms with Gasteiger partial charge >= 0.3 is 12.1 Å². The third-order valence-corrected chi connectivity index (χ3v) is 2.29. The van der Waals surface area contributed by atoms with Gasteiger partial charge in [-0.1, -0.05) is 20.8 Å². The van der Waals surface area contributed by atoms with E-state index in [0.717, 1.165) is 0 Å². The van der Waals surface area contributed by atoms with Crippen molar-refractivity contribution in [2.45, 2.75) is 33.9 Å². The molecule has 0 aromatic rings. The summed E-state index contributed by atoms with van der Waals surface area (Å²) in [7, 11) is 0. The molecule has 0 saturated heterocycles. The minimum atomic E-state index is -4.36. The van der Waals surface area contributed by atoms with Gasteiger partial charge in [0.2, 0.25) is 0 Å². The smallest absolute Gasteiger partial charge is 0.392 e. The molecule has 0 aliphatic carbocycles. The number of rotatable bonds is 4. The van der Waals surface area contributed by atoms with E-state index < -0.39 is 29.9 Å². The van der Waals surface area contributed by atoms with Crippen molar-refractivity contribution in [2.75, 3.05) is 6.61 Å². The Hall–Kier alpha value is -0.740. The van der Waals surface area contributed by atoms with Crippen molar-refractivity contribution in [2.24, 2.45) is 17.8 Å². The van der Waals surface area contributed by atoms with E-state index in [4.69, 9.17) is 0 Å². The summed E-state index contributed by atoms with van der Waals surface area (Å²) >= 11 is 0. The van der Waals surface area contributed by atoms with Crippen molar-refractivity contribution in [3.63, 3.8) is 0 Å². The summed E-state index contributed by atoms with van der Waals surface area (Å²) in [6.07, 6.45) is -4.36. The van der Waals surface area contributed by atoms with Gasteiger partial charge in [-0.15, -0.1) is 0 Å². The number of esters is 1. The molecule has 5 heteroatoms. The summed E-state index contributed by atoms with van der Waals surface area (Å²) in [5.74, 6) is -4.21. The third-order valence-electron chi connectivity index (χ3n) is 2.29. The van der Waals surface area contributed by atoms with E-state index in [9.17, 15) is 18.0 Å². The molecule has 0 saturated carbocycles. The number of alkyl halides is 3. The first kappa shape index (κ1) is 14.3. The second-order valence-corrected chi connectivity index (χ2v) is 3.85. The van der Waals surface area contributed by atoms with Crippen LogP contribution in [0.2, 0.25) is 0 Å². The third kappa shape index (κ3) is 4.10. The van der Waals surface area contributed by atoms with Gasteiger partial charge in [0.15, 0.2) is 0 Å². The molecule has 0 aliphatic heterocycles. The molecule has 0 radical (unpaired) electrons. The van der Waals surface area contributed by atoms with Gasteiger partial charge in [0, 0.05) is 0 Å². The molecule has 15 heavy (non-hydrogen) atoms. The number of hydrogen-bond donors (Lipinski definition) is 0. The minimum absolute atomic E-state index is 0.103. The lowest BCUT2D eigenvalue weighted by atomic mass is 9.84. The highest BCUT2D eigenvalue weighted by Gasteiger charge is 2.47. The van der Waals surface area contributed by atoms with Crippen LogP contribution in [0.4, 0.5) is 13.2 Å². The van der Waals surface area contributed by atoms with Gasteiger partial charge < -0.3 is 4.74 Å². The van der Waals surface area contributed by atoms with Crippen molar-refractivity contribution in [3.05, 3.63) is 0 Å². The highest BCUT2D eigenvalue weighted by atomic mass is 19.4. The molecule has 2 atom stereocenters. The van der Waals surface area contributed by atoms with Crippen LogP contribution in [0.15, 0.2) is 0 Å². The van der Waals surface area contributed by atoms with Gasteiger partial charge in [0.25, 0.3) is 0 Å². The molecule has 0 aliphatic rings. The predicted molar refractivity (Wildman–Crippen MR) is 50.2 cm³/mol. The molecular weight excluding hydrogens is 209 g/mol. The van der Waals surface area contributed by atoms with E-state index in [1.807, 2.05) is 0 Å². The van der Waals surface area contributed by atoms with Crippen LogP contribution >= 0.6 is 0 Å². The van der Waals surface area contributed by atoms with Crippen molar-refractivity contribution in [1.29, 1.82) is 0 Å². The Kier molecular flexibility index (Phi) is 5.11. The summed E-state index contributed by atoms with van der Waals surface area (Å²) in [5, 5.41) is 0. The Balaban J connectivity index is 4.71. The van der Waals surface area contributed by atoms with Crippen LogP contribution < -0.4 is 0 Å². The molecule has 90 valence electrons. The SMILES string of the molecule is CCOC(=O)[C@H](C)[C@@H](C(C)C)C(F)(F)F. The second kappa shape index (κ2) is 5.37. The van der Waals surface area contributed by atoms with E-state index in [2.05, 4.69) is 4.74 Å². The van der Waals surface area contributed by atoms with Crippen molar-refractivity contribution in [1.82, 2.24) is 0 Å². The Morgan fingerprint density at radius 3 is 2.00 bits per heavy atom. The zero-order valence-corrected chi connectivity index (χ0v) is 9.39. The number of carbonyl (C=O) groups is 1. The lowest BCUT2D eigenvalue weighted by Crippen LogP contribution is -2.37. The fourth-order valence-corrected chi connectivity index (χ4v) is 1.66. The fraction of sp³-hybridized carbons (Fsp3) is 0.900. The quantitative estimate of drug-likeness (QED) is 0.689. The zero-order chi connectivity index (χ0) is 12.2. The Morgan fingerprint density at radius 1 is 1.27 bits per heavy atom. The maximum atomic E-state index is 12.6. The number of halogens is 3. The van der Waals surface area contributed by atoms with E-state index in [-0.39, 0.29) is 6.61 Å². The topological polar surface area (TPSA) is 26.3 Å². The summed E-state index contributed by atoms with van der Waals surface area (Å²) in [5.41, 5.74) is 0. The molecule has 0 aromatic carbocycles. The zero-order valence-electron chi connectivity index (χ0n) is 9.39. The van der Waals surface area contributed by atoms with Gasteiger partial charge in [0.05, 0.1) is 18.4 Å². The standard InChI is InChI=1S/C10H17F3O2/c1-5-15-9(14)7(4)8(6(2)3)10(11,12)13/h6-8H,5H2,1-4H3/t7-,8-/m1/s1. The Morgan fingerprint density at radius 2 is 1.73 bits per heavy atom. The molecular formula is C10H17F3O2. The average molecular weight is 226 g/mol. The number of hydrogen-bond acceptors (Lipinski definition) is 2. The number of carbonyl (C=O) groups excluding carboxylic acids is 1. The molecule has 2 nitrogen and oxygen atoms in total. The largest absolute Gasteiger partial charge is 0.466 e. The van der Waals surface area contributed by atoms with Crippen LogP contribution in [0.1, 0.15) is 27.7 Å². The Bertz CT molecular complexity index is 211. The first-order valence-electron chi connectivity index (χ1n) is 4.95. The summed E-state index contributed by atoms with van der Waals surface area (Å²) < 4.78 is 42.4. The van der Waals surface area contributed by atoms with Crippen LogP contribution in [-0.4, -0.2) is 18.8 Å². The van der Waals surface area contributed by atoms with Gasteiger partial charge in [0.1, 0.15) is 0 Å². The van der Waals surface area contributed by atoms with Crippen LogP contribution in [-0.2, 0) is 9.53 Å². The van der Waals surface area contributed by atoms with Gasteiger partial charge in [-0.2, -0.15) is 13.2 Å². The Labute approximate surface area is 87.8 Å². The summed E-state index contributed by atoms with van der Waals surface area (Å²) in [6.45, 7) is 5.84. The summed E-state index contributed by atoms with van der Waals surface area (Å²) in [6, 6.07) is 0. The van der Waals surface area contributed by atoms with E-state index in [0.29, 0.717) is 0 Å². The monoisotopic (exact) mass is 226 g/mol. The summed E-state index contributed by atoms with van der Waals surface area (Å²) in [4.78, 5) is 11.2. The predicted octanol–water partition coefficient (Wildman–Crippen LogP) is 3.02. The molecule has 0 rings (SSSR count). The lowest BCUT2D eigenvalue weighted by molar-refractivity contribution is -0.206. The molecule has 0 heterocycles. The highest BCUT2D eigenvalue weighted by molar-refractivity contribution is 5.72. The van der Waals surface area contributed by atoms with Gasteiger partial charge in [-0.25, -0.2) is 0 Å². The van der Waals surface area contributed by atoms with E-state index in [1.165, 1.54) is 20.8 Å². The fourth-order valence-electron chi connectivity index (χ4n) is 1.66. The molecule has 0 amide bonds. The van der Waals surface area contributed by atoms with Crippen LogP contribution in [0.25, 0.3) is 0 Å². The molecule has 0 spiro atoms. The van der Waals surface area contributed by atoms with Gasteiger partial charge in [-0.05, 0) is 12.8 Å². The van der Waals surface area contributed by atoms with Crippen LogP contribution in [0.5, 0.6) is 0 Å². The van der Waals surface area contributed by atoms with Crippen molar-refractivity contribution < 1.29 is 22.7 Å². The average Bonchev–Trinajstić information content (AvgIpc) is 2.00. The van der Waals surface area contributed by atoms with Crippen LogP contribution in [0, 0.1) is 17.8 Å². The maximum absolute atomic E-state index is 12.6. The first-order valence-corrected chi connectivity index (χ1v) is 4.95. The highest BCUT2D eigenvalue weighted by Crippen LogP contribution is 2.37. The van der Waals surface area contributed by atoms with E-state index >= 15 is 0 Å². The lowest BCUT2D eigenvalue weighted by Gasteiger charge is -2.28. The maximum Gasteiger partial charge on any atom is 0.392 e. The van der Waals surface area contributed by atoms with Crippen LogP contribution in [0.3, 0.4) is 0 Å².